The van der Waals surface area contributed by atoms with Crippen LogP contribution in [0.1, 0.15) is 0 Å². The first-order valence-corrected chi connectivity index (χ1v) is 9.39. The van der Waals surface area contributed by atoms with Crippen molar-refractivity contribution in [3.63, 3.8) is 0 Å². The Hall–Kier alpha value is 0.600. The van der Waals surface area contributed by atoms with Crippen molar-refractivity contribution in [2.24, 2.45) is 18.1 Å². The summed E-state index contributed by atoms with van der Waals surface area (Å²) in [6.07, 6.45) is 0. The summed E-state index contributed by atoms with van der Waals surface area (Å²) in [6.45, 7) is 0. The summed E-state index contributed by atoms with van der Waals surface area (Å²) in [5, 5.41) is 0. The van der Waals surface area contributed by atoms with Gasteiger partial charge in [0.1, 0.15) is 30.6 Å². The third-order valence-corrected chi connectivity index (χ3v) is 8.39. The number of rotatable bonds is 0. The van der Waals surface area contributed by atoms with E-state index in [0.717, 1.165) is 0 Å². The van der Waals surface area contributed by atoms with Crippen LogP contribution in [0, 0.1) is 0 Å². The van der Waals surface area contributed by atoms with Gasteiger partial charge in [0, 0.05) is 0 Å². The molecule has 1 aliphatic heterocycles. The Morgan fingerprint density at radius 2 is 0.625 bits per heavy atom. The number of hydrogen-bond acceptors (Lipinski definition) is 8. The van der Waals surface area contributed by atoms with Gasteiger partial charge in [0.2, 0.25) is 0 Å². The lowest BCUT2D eigenvalue weighted by Crippen LogP contribution is -2.09. The van der Waals surface area contributed by atoms with Crippen LogP contribution in [0.5, 0.6) is 0 Å². The Balaban J connectivity index is 3.67. The van der Waals surface area contributed by atoms with E-state index in [0.29, 0.717) is 0 Å². The molecule has 0 aromatic carbocycles. The van der Waals surface area contributed by atoms with Gasteiger partial charge in [0.25, 0.3) is 0 Å². The highest BCUT2D eigenvalue weighted by Gasteiger charge is 2.13. The minimum atomic E-state index is -5.15. The molecule has 96 valence electrons. The maximum absolute atomic E-state index is 10.9. The quantitative estimate of drug-likeness (QED) is 0.341. The van der Waals surface area contributed by atoms with Crippen LogP contribution in [0.3, 0.4) is 0 Å². The lowest BCUT2D eigenvalue weighted by Gasteiger charge is -2.36. The third-order valence-electron chi connectivity index (χ3n) is 0.932. The average molecular weight is 312 g/mol. The van der Waals surface area contributed by atoms with Gasteiger partial charge in [-0.05, 0) is 0 Å². The van der Waals surface area contributed by atoms with Gasteiger partial charge in [0.05, 0.1) is 0 Å². The van der Waals surface area contributed by atoms with Crippen LogP contribution in [-0.2, 0) is 0 Å². The van der Waals surface area contributed by atoms with Crippen molar-refractivity contribution in [3.05, 3.63) is 0 Å². The standard InChI is InChI=1S/H4N4O8P4/c5-13(6)1-14(7,8)3-16(11,12)4-15(9,10)2-13/h(H4-4,5,6,7,8,9,10,11,12)/q-4. The van der Waals surface area contributed by atoms with Gasteiger partial charge in [-0.1, -0.05) is 0 Å². The minimum Gasteiger partial charge on any atom is -0.777 e. The van der Waals surface area contributed by atoms with E-state index in [1.165, 1.54) is 0 Å². The molecule has 1 rings (SSSR count). The Labute approximate surface area is 88.6 Å². The molecule has 0 saturated heterocycles. The zero-order chi connectivity index (χ0) is 12.8. The van der Waals surface area contributed by atoms with E-state index >= 15 is 0 Å². The lowest BCUT2D eigenvalue weighted by atomic mass is 13.8. The second kappa shape index (κ2) is 4.07. The molecule has 16 heteroatoms. The van der Waals surface area contributed by atoms with Gasteiger partial charge < -0.3 is 39.1 Å². The molecule has 4 N–H and O–H groups in total. The largest absolute Gasteiger partial charge is 0.777 e. The van der Waals surface area contributed by atoms with Crippen LogP contribution in [0.4, 0.5) is 0 Å². The van der Waals surface area contributed by atoms with Gasteiger partial charge >= 0.3 is 0 Å². The number of hydrogen-bond donors (Lipinski definition) is 4. The topological polar surface area (TPSA) is 223 Å². The van der Waals surface area contributed by atoms with Gasteiger partial charge in [-0.15, -0.1) is 0 Å². The molecule has 0 bridgehead atoms. The SMILES string of the molecule is [O-]P1(O)=NP([O-])(O)=NP([O-])(O)=NP([O-])(O)=N1. The van der Waals surface area contributed by atoms with Crippen molar-refractivity contribution in [2.75, 3.05) is 0 Å². The Morgan fingerprint density at radius 1 is 0.500 bits per heavy atom. The summed E-state index contributed by atoms with van der Waals surface area (Å²) >= 11 is 0. The van der Waals surface area contributed by atoms with E-state index in [2.05, 4.69) is 18.1 Å². The van der Waals surface area contributed by atoms with E-state index in [-0.39, 0.29) is 0 Å². The van der Waals surface area contributed by atoms with Crippen molar-refractivity contribution in [1.82, 2.24) is 0 Å². The molecule has 0 aromatic rings. The van der Waals surface area contributed by atoms with Crippen molar-refractivity contribution in [3.8, 4) is 0 Å². The molecular weight excluding hydrogens is 308 g/mol. The molecule has 1 heterocycles. The number of nitrogens with zero attached hydrogens (tertiary/aromatic N) is 4. The van der Waals surface area contributed by atoms with Crippen LogP contribution in [0.15, 0.2) is 18.1 Å². The first kappa shape index (κ1) is 14.7. The van der Waals surface area contributed by atoms with Crippen molar-refractivity contribution in [1.29, 1.82) is 0 Å². The zero-order valence-corrected chi connectivity index (χ0v) is 10.6. The van der Waals surface area contributed by atoms with Crippen LogP contribution >= 0.6 is 30.6 Å². The van der Waals surface area contributed by atoms with Crippen LogP contribution in [0.2, 0.25) is 0 Å². The predicted octanol–water partition coefficient (Wildman–Crippen LogP) is -2.80. The van der Waals surface area contributed by atoms with Crippen molar-refractivity contribution >= 4 is 30.6 Å². The molecule has 0 fully saturated rings. The van der Waals surface area contributed by atoms with E-state index < -0.39 is 30.6 Å². The summed E-state index contributed by atoms with van der Waals surface area (Å²) in [4.78, 5) is 78.8. The Kier molecular flexibility index (Phi) is 3.72. The summed E-state index contributed by atoms with van der Waals surface area (Å²) in [7, 11) is -20.6. The molecule has 0 spiro atoms. The molecule has 0 saturated carbocycles. The van der Waals surface area contributed by atoms with E-state index in [9.17, 15) is 19.6 Å². The molecule has 0 aromatic heterocycles. The Morgan fingerprint density at radius 3 is 0.750 bits per heavy atom. The van der Waals surface area contributed by atoms with Gasteiger partial charge in [-0.2, -0.15) is 0 Å². The normalized spacial score (nSPS) is 53.5. The summed E-state index contributed by atoms with van der Waals surface area (Å²) in [5.74, 6) is 0. The van der Waals surface area contributed by atoms with Crippen LogP contribution < -0.4 is 19.6 Å². The second-order valence-corrected chi connectivity index (χ2v) is 9.38. The summed E-state index contributed by atoms with van der Waals surface area (Å²) in [6, 6.07) is 0. The monoisotopic (exact) mass is 312 g/mol. The maximum Gasteiger partial charge on any atom is 0.130 e. The molecule has 0 amide bonds. The highest BCUT2D eigenvalue weighted by atomic mass is 31.3. The second-order valence-electron chi connectivity index (χ2n) is 2.41. The molecule has 12 nitrogen and oxygen atoms in total. The predicted molar refractivity (Wildman–Crippen MR) is 46.3 cm³/mol. The average Bonchev–Trinajstić information content (AvgIpc) is 1.67. The smallest absolute Gasteiger partial charge is 0.130 e. The highest BCUT2D eigenvalue weighted by molar-refractivity contribution is 7.75. The molecule has 0 unspecified atom stereocenters. The fourth-order valence-corrected chi connectivity index (χ4v) is 7.40. The first-order valence-electron chi connectivity index (χ1n) is 3.13. The molecule has 0 aliphatic carbocycles. The Bertz CT molecular complexity index is 386. The van der Waals surface area contributed by atoms with Gasteiger partial charge in [0.15, 0.2) is 0 Å². The van der Waals surface area contributed by atoms with E-state index in [4.69, 9.17) is 19.6 Å². The maximum atomic E-state index is 10.9. The third kappa shape index (κ3) is 4.46. The highest BCUT2D eigenvalue weighted by Crippen LogP contribution is 2.66. The molecule has 0 atom stereocenters. The lowest BCUT2D eigenvalue weighted by molar-refractivity contribution is -0.195. The summed E-state index contributed by atoms with van der Waals surface area (Å²) in [5.41, 5.74) is 0. The van der Waals surface area contributed by atoms with Gasteiger partial charge in [-0.3, -0.25) is 0 Å². The first-order chi connectivity index (χ1) is 6.83. The zero-order valence-electron chi connectivity index (χ0n) is 7.00. The molecule has 0 radical (unpaired) electrons. The van der Waals surface area contributed by atoms with Crippen molar-refractivity contribution in [2.45, 2.75) is 0 Å². The van der Waals surface area contributed by atoms with E-state index in [1.807, 2.05) is 0 Å². The molecular formula is H4N4O8P4-4. The van der Waals surface area contributed by atoms with E-state index in [1.54, 1.807) is 0 Å². The van der Waals surface area contributed by atoms with Crippen LogP contribution in [0.25, 0.3) is 0 Å². The molecule has 1 aliphatic rings. The van der Waals surface area contributed by atoms with Gasteiger partial charge in [-0.25, -0.2) is 18.1 Å². The van der Waals surface area contributed by atoms with Crippen LogP contribution in [-0.4, -0.2) is 19.6 Å². The molecule has 16 heavy (non-hydrogen) atoms. The summed E-state index contributed by atoms with van der Waals surface area (Å²) < 4.78 is 9.02. The minimum absolute atomic E-state index is 2.26. The fourth-order valence-electron chi connectivity index (χ4n) is 0.679. The van der Waals surface area contributed by atoms with Crippen molar-refractivity contribution < 1.29 is 39.1 Å². The fraction of sp³-hybridized carbons (Fsp3) is 0.